The van der Waals surface area contributed by atoms with Gasteiger partial charge in [-0.3, -0.25) is 14.5 Å². The number of hydrazone groups is 1. The number of carbonyl (C=O) groups is 5. The Morgan fingerprint density at radius 1 is 1.02 bits per heavy atom. The highest BCUT2D eigenvalue weighted by atomic mass is 19.4. The van der Waals surface area contributed by atoms with Crippen LogP contribution in [0, 0.1) is 0 Å². The number of nitrogens with two attached hydrogens (primary N) is 1. The van der Waals surface area contributed by atoms with Crippen LogP contribution in [0.5, 0.6) is 0 Å². The highest BCUT2D eigenvalue weighted by Gasteiger charge is 2.58. The van der Waals surface area contributed by atoms with Crippen LogP contribution in [0.3, 0.4) is 0 Å². The second kappa shape index (κ2) is 14.2. The lowest BCUT2D eigenvalue weighted by Crippen LogP contribution is -2.57. The molecule has 5 amide bonds. The Morgan fingerprint density at radius 2 is 1.65 bits per heavy atom. The molecule has 2 atom stereocenters. The first-order valence-corrected chi connectivity index (χ1v) is 14.3. The van der Waals surface area contributed by atoms with Crippen LogP contribution in [0.25, 0.3) is 0 Å². The number of aliphatic carboxylic acids is 1. The topological polar surface area (TPSA) is 175 Å². The lowest BCUT2D eigenvalue weighted by atomic mass is 9.89. The molecule has 1 heterocycles. The maximum Gasteiger partial charge on any atom is 0.416 e. The van der Waals surface area contributed by atoms with E-state index in [1.54, 1.807) is 54.6 Å². The molecule has 48 heavy (non-hydrogen) atoms. The Kier molecular flexibility index (Phi) is 10.4. The van der Waals surface area contributed by atoms with Gasteiger partial charge in [-0.15, -0.1) is 0 Å². The molecular weight excluding hydrogens is 637 g/mol. The monoisotopic (exact) mass is 668 g/mol. The number of urea groups is 1. The van der Waals surface area contributed by atoms with Crippen molar-refractivity contribution in [1.29, 1.82) is 0 Å². The zero-order valence-corrected chi connectivity index (χ0v) is 25.7. The van der Waals surface area contributed by atoms with Crippen molar-refractivity contribution in [3.63, 3.8) is 0 Å². The molecule has 252 valence electrons. The van der Waals surface area contributed by atoms with Crippen LogP contribution in [0.1, 0.15) is 41.7 Å². The average Bonchev–Trinajstić information content (AvgIpc) is 3.23. The molecule has 4 N–H and O–H groups in total. The van der Waals surface area contributed by atoms with Gasteiger partial charge in [-0.05, 0) is 41.3 Å². The number of imide groups is 1. The number of nitrogens with zero attached hydrogens (tertiary/aromatic N) is 4. The van der Waals surface area contributed by atoms with E-state index >= 15 is 0 Å². The number of hydrazine groups is 1. The first-order valence-electron chi connectivity index (χ1n) is 14.3. The summed E-state index contributed by atoms with van der Waals surface area (Å²) in [6, 6.07) is 16.1. The van der Waals surface area contributed by atoms with Gasteiger partial charge < -0.3 is 21.0 Å². The normalized spacial score (nSPS) is 17.0. The van der Waals surface area contributed by atoms with Crippen molar-refractivity contribution < 1.29 is 47.0 Å². The third kappa shape index (κ3) is 7.54. The Balaban J connectivity index is 1.58. The maximum atomic E-state index is 14.2. The van der Waals surface area contributed by atoms with Gasteiger partial charge in [0.05, 0.1) is 18.3 Å². The SMILES string of the molecule is CC(=O)N(C[C@H](NC(=O)OCc1ccc(C(F)(F)F)cc1)C(=O)O)N1C(=O)N(Cc2ccccc2)[C@](C)(c2ccc(C=NN)cc2)C1=O. The van der Waals surface area contributed by atoms with E-state index in [9.17, 15) is 42.3 Å². The number of carboxylic acid groups (broad SMARTS) is 1. The smallest absolute Gasteiger partial charge is 0.416 e. The first-order chi connectivity index (χ1) is 22.7. The van der Waals surface area contributed by atoms with Gasteiger partial charge in [0.25, 0.3) is 5.91 Å². The Bertz CT molecular complexity index is 1700. The summed E-state index contributed by atoms with van der Waals surface area (Å²) in [5, 5.41) is 16.6. The minimum absolute atomic E-state index is 0.0624. The quantitative estimate of drug-likeness (QED) is 0.120. The van der Waals surface area contributed by atoms with E-state index in [1.165, 1.54) is 18.0 Å². The lowest BCUT2D eigenvalue weighted by molar-refractivity contribution is -0.158. The fourth-order valence-electron chi connectivity index (χ4n) is 5.01. The molecule has 0 unspecified atom stereocenters. The molecule has 0 bridgehead atoms. The van der Waals surface area contributed by atoms with Gasteiger partial charge in [0, 0.05) is 13.5 Å². The second-order valence-electron chi connectivity index (χ2n) is 10.9. The second-order valence-corrected chi connectivity index (χ2v) is 10.9. The highest BCUT2D eigenvalue weighted by Crippen LogP contribution is 2.39. The van der Waals surface area contributed by atoms with Crippen molar-refractivity contribution in [3.8, 4) is 0 Å². The molecular formula is C32H31F3N6O7. The molecule has 0 aliphatic carbocycles. The van der Waals surface area contributed by atoms with Crippen molar-refractivity contribution in [3.05, 3.63) is 107 Å². The number of carbonyl (C=O) groups excluding carboxylic acids is 4. The number of halogens is 3. The summed E-state index contributed by atoms with van der Waals surface area (Å²) in [6.45, 7) is 1.08. The molecule has 1 aliphatic rings. The van der Waals surface area contributed by atoms with Crippen LogP contribution in [-0.4, -0.2) is 68.7 Å². The fourth-order valence-corrected chi connectivity index (χ4v) is 5.01. The largest absolute Gasteiger partial charge is 0.480 e. The molecule has 0 radical (unpaired) electrons. The summed E-state index contributed by atoms with van der Waals surface area (Å²) in [5.41, 5.74) is -0.756. The molecule has 4 rings (SSSR count). The molecule has 0 saturated carbocycles. The van der Waals surface area contributed by atoms with Gasteiger partial charge in [0.1, 0.15) is 18.2 Å². The summed E-state index contributed by atoms with van der Waals surface area (Å²) >= 11 is 0. The number of nitrogens with one attached hydrogen (secondary N) is 1. The summed E-state index contributed by atoms with van der Waals surface area (Å²) in [6.07, 6.45) is -4.46. The number of rotatable bonds is 11. The van der Waals surface area contributed by atoms with E-state index in [4.69, 9.17) is 10.6 Å². The van der Waals surface area contributed by atoms with Gasteiger partial charge in [-0.25, -0.2) is 19.4 Å². The molecule has 3 aromatic rings. The molecule has 3 aromatic carbocycles. The molecule has 1 saturated heterocycles. The minimum atomic E-state index is -4.56. The number of ether oxygens (including phenoxy) is 1. The molecule has 1 aliphatic heterocycles. The van der Waals surface area contributed by atoms with E-state index in [2.05, 4.69) is 10.4 Å². The first kappa shape index (κ1) is 34.9. The number of alkyl carbamates (subject to hydrolysis) is 1. The van der Waals surface area contributed by atoms with Crippen molar-refractivity contribution >= 4 is 36.1 Å². The van der Waals surface area contributed by atoms with Crippen LogP contribution in [-0.2, 0) is 44.0 Å². The van der Waals surface area contributed by atoms with Crippen LogP contribution >= 0.6 is 0 Å². The number of hydrogen-bond acceptors (Lipinski definition) is 8. The number of carboxylic acids is 1. The van der Waals surface area contributed by atoms with Gasteiger partial charge in [-0.1, -0.05) is 66.7 Å². The van der Waals surface area contributed by atoms with Crippen LogP contribution < -0.4 is 11.2 Å². The molecule has 16 heteroatoms. The number of amides is 5. The van der Waals surface area contributed by atoms with E-state index in [-0.39, 0.29) is 12.1 Å². The molecule has 0 aromatic heterocycles. The zero-order valence-electron chi connectivity index (χ0n) is 25.7. The number of hydrogen-bond donors (Lipinski definition) is 3. The van der Waals surface area contributed by atoms with Gasteiger partial charge in [-0.2, -0.15) is 23.3 Å². The molecule has 1 fully saturated rings. The molecule has 0 spiro atoms. The zero-order chi connectivity index (χ0) is 35.2. The van der Waals surface area contributed by atoms with E-state index in [0.29, 0.717) is 26.7 Å². The summed E-state index contributed by atoms with van der Waals surface area (Å²) < 4.78 is 43.5. The number of benzene rings is 3. The predicted octanol–water partition coefficient (Wildman–Crippen LogP) is 3.82. The van der Waals surface area contributed by atoms with Crippen molar-refractivity contribution in [2.24, 2.45) is 10.9 Å². The predicted molar refractivity (Wildman–Crippen MR) is 163 cm³/mol. The highest BCUT2D eigenvalue weighted by molar-refractivity contribution is 6.08. The fraction of sp³-hybridized carbons (Fsp3) is 0.250. The van der Waals surface area contributed by atoms with E-state index < -0.39 is 66.4 Å². The lowest BCUT2D eigenvalue weighted by Gasteiger charge is -2.32. The Morgan fingerprint density at radius 3 is 2.19 bits per heavy atom. The van der Waals surface area contributed by atoms with Crippen LogP contribution in [0.2, 0.25) is 0 Å². The van der Waals surface area contributed by atoms with Crippen LogP contribution in [0.15, 0.2) is 84.0 Å². The van der Waals surface area contributed by atoms with Crippen molar-refractivity contribution in [1.82, 2.24) is 20.2 Å². The Labute approximate surface area is 272 Å². The summed E-state index contributed by atoms with van der Waals surface area (Å²) in [4.78, 5) is 67.1. The minimum Gasteiger partial charge on any atom is -0.480 e. The maximum absolute atomic E-state index is 14.2. The van der Waals surface area contributed by atoms with Gasteiger partial charge in [0.15, 0.2) is 0 Å². The van der Waals surface area contributed by atoms with Crippen molar-refractivity contribution in [2.75, 3.05) is 6.54 Å². The Hall–Kier alpha value is -5.93. The van der Waals surface area contributed by atoms with Crippen LogP contribution in [0.4, 0.5) is 22.8 Å². The summed E-state index contributed by atoms with van der Waals surface area (Å²) in [7, 11) is 0. The van der Waals surface area contributed by atoms with E-state index in [0.717, 1.165) is 31.2 Å². The van der Waals surface area contributed by atoms with Gasteiger partial charge >= 0.3 is 24.3 Å². The third-order valence-corrected chi connectivity index (χ3v) is 7.64. The molecule has 13 nitrogen and oxygen atoms in total. The van der Waals surface area contributed by atoms with Gasteiger partial charge in [0.2, 0.25) is 5.91 Å². The van der Waals surface area contributed by atoms with Crippen molar-refractivity contribution in [2.45, 2.75) is 44.8 Å². The van der Waals surface area contributed by atoms with E-state index in [1.807, 2.05) is 0 Å². The average molecular weight is 669 g/mol. The summed E-state index contributed by atoms with van der Waals surface area (Å²) in [5.74, 6) is 1.85. The standard InChI is InChI=1S/C32H31F3N6O7/c1-20(42)40(18-26(27(43)44)38-29(46)48-19-23-10-14-25(15-11-23)32(33,34)35)41-28(45)31(2,24-12-8-21(9-13-24)16-37-36)39(30(41)47)17-22-6-4-3-5-7-22/h3-16,26H,17-19,36H2,1-2H3,(H,38,46)(H,43,44)/t26-,31+/m0/s1. The third-order valence-electron chi connectivity index (χ3n) is 7.64. The number of alkyl halides is 3.